The molecule has 19 heavy (non-hydrogen) atoms. The highest BCUT2D eigenvalue weighted by molar-refractivity contribution is 5.86. The molecule has 3 nitrogen and oxygen atoms in total. The van der Waals surface area contributed by atoms with Gasteiger partial charge in [0.05, 0.1) is 18.8 Å². The van der Waals surface area contributed by atoms with Crippen LogP contribution < -0.4 is 0 Å². The molecule has 2 saturated heterocycles. The minimum absolute atomic E-state index is 0.0504. The standard InChI is InChI=1S/C16H20O3/c1-10-14-8-13(17)16(19-14)11(2)15(10)18-9-12-6-4-3-5-7-12/h3-7,10-11,14-16H,8-9H2,1-2H3/t10-,11+,14-,15+,16-/m1/s1. The van der Waals surface area contributed by atoms with E-state index >= 15 is 0 Å². The fourth-order valence-electron chi connectivity index (χ4n) is 3.29. The van der Waals surface area contributed by atoms with Crippen molar-refractivity contribution in [2.75, 3.05) is 0 Å². The van der Waals surface area contributed by atoms with Gasteiger partial charge in [0.1, 0.15) is 6.10 Å². The Hall–Kier alpha value is -1.19. The zero-order valence-electron chi connectivity index (χ0n) is 11.4. The lowest BCUT2D eigenvalue weighted by Crippen LogP contribution is -2.46. The number of carbonyl (C=O) groups is 1. The van der Waals surface area contributed by atoms with Gasteiger partial charge < -0.3 is 9.47 Å². The van der Waals surface area contributed by atoms with E-state index in [0.29, 0.717) is 13.0 Å². The molecule has 0 amide bonds. The minimum atomic E-state index is -0.248. The van der Waals surface area contributed by atoms with Crippen molar-refractivity contribution >= 4 is 5.78 Å². The molecule has 2 bridgehead atoms. The SMILES string of the molecule is C[C@H]1[C@H](OCc2ccccc2)[C@H](C)[C@H]2O[C@@H]1CC2=O. The Bertz CT molecular complexity index is 456. The fourth-order valence-corrected chi connectivity index (χ4v) is 3.29. The fraction of sp³-hybridized carbons (Fsp3) is 0.562. The molecule has 3 rings (SSSR count). The Morgan fingerprint density at radius 2 is 1.95 bits per heavy atom. The summed E-state index contributed by atoms with van der Waals surface area (Å²) < 4.78 is 11.9. The smallest absolute Gasteiger partial charge is 0.164 e. The Morgan fingerprint density at radius 3 is 2.68 bits per heavy atom. The molecular formula is C16H20O3. The van der Waals surface area contributed by atoms with Crippen molar-refractivity contribution in [3.8, 4) is 0 Å². The van der Waals surface area contributed by atoms with Gasteiger partial charge in [-0.2, -0.15) is 0 Å². The normalized spacial score (nSPS) is 37.6. The van der Waals surface area contributed by atoms with E-state index in [1.54, 1.807) is 0 Å². The topological polar surface area (TPSA) is 35.5 Å². The monoisotopic (exact) mass is 260 g/mol. The van der Waals surface area contributed by atoms with Crippen LogP contribution in [0, 0.1) is 11.8 Å². The lowest BCUT2D eigenvalue weighted by atomic mass is 9.86. The van der Waals surface area contributed by atoms with Gasteiger partial charge in [0, 0.05) is 18.3 Å². The molecule has 3 heteroatoms. The van der Waals surface area contributed by atoms with Crippen LogP contribution >= 0.6 is 0 Å². The van der Waals surface area contributed by atoms with Crippen LogP contribution in [-0.4, -0.2) is 24.1 Å². The van der Waals surface area contributed by atoms with E-state index in [1.807, 2.05) is 18.2 Å². The molecule has 2 aliphatic heterocycles. The van der Waals surface area contributed by atoms with Gasteiger partial charge in [-0.1, -0.05) is 44.2 Å². The first-order valence-electron chi connectivity index (χ1n) is 7.00. The van der Waals surface area contributed by atoms with Gasteiger partial charge in [0.15, 0.2) is 5.78 Å². The van der Waals surface area contributed by atoms with Gasteiger partial charge in [-0.3, -0.25) is 4.79 Å². The molecule has 0 aromatic heterocycles. The van der Waals surface area contributed by atoms with E-state index in [1.165, 1.54) is 5.56 Å². The predicted molar refractivity (Wildman–Crippen MR) is 71.6 cm³/mol. The second-order valence-corrected chi connectivity index (χ2v) is 5.75. The average Bonchev–Trinajstić information content (AvgIpc) is 2.78. The molecule has 0 radical (unpaired) electrons. The van der Waals surface area contributed by atoms with Crippen molar-refractivity contribution in [3.05, 3.63) is 35.9 Å². The zero-order chi connectivity index (χ0) is 13.4. The van der Waals surface area contributed by atoms with Gasteiger partial charge in [-0.05, 0) is 5.56 Å². The summed E-state index contributed by atoms with van der Waals surface area (Å²) in [6.07, 6.45) is 0.466. The minimum Gasteiger partial charge on any atom is -0.373 e. The summed E-state index contributed by atoms with van der Waals surface area (Å²) in [7, 11) is 0. The Kier molecular flexibility index (Phi) is 3.42. The van der Waals surface area contributed by atoms with Crippen LogP contribution in [0.3, 0.4) is 0 Å². The second kappa shape index (κ2) is 5.06. The number of carbonyl (C=O) groups excluding carboxylic acids is 1. The molecule has 1 aromatic carbocycles. The molecule has 1 aromatic rings. The number of fused-ring (bicyclic) bond motifs is 2. The Balaban J connectivity index is 1.69. The maximum absolute atomic E-state index is 11.9. The van der Waals surface area contributed by atoms with Crippen molar-refractivity contribution in [3.63, 3.8) is 0 Å². The van der Waals surface area contributed by atoms with Crippen LogP contribution in [0.4, 0.5) is 0 Å². The highest BCUT2D eigenvalue weighted by atomic mass is 16.5. The third-order valence-corrected chi connectivity index (χ3v) is 4.43. The molecule has 0 N–H and O–H groups in total. The molecule has 0 unspecified atom stereocenters. The number of ether oxygens (including phenoxy) is 2. The second-order valence-electron chi connectivity index (χ2n) is 5.75. The van der Waals surface area contributed by atoms with E-state index in [2.05, 4.69) is 26.0 Å². The van der Waals surface area contributed by atoms with Crippen LogP contribution in [0.5, 0.6) is 0 Å². The average molecular weight is 260 g/mol. The Labute approximate surface area is 113 Å². The van der Waals surface area contributed by atoms with Gasteiger partial charge >= 0.3 is 0 Å². The van der Waals surface area contributed by atoms with Crippen molar-refractivity contribution < 1.29 is 14.3 Å². The molecule has 2 aliphatic rings. The quantitative estimate of drug-likeness (QED) is 0.838. The molecule has 2 heterocycles. The van der Waals surface area contributed by atoms with Crippen LogP contribution in [-0.2, 0) is 20.9 Å². The largest absolute Gasteiger partial charge is 0.373 e. The summed E-state index contributed by atoms with van der Waals surface area (Å²) in [5.74, 6) is 0.668. The third-order valence-electron chi connectivity index (χ3n) is 4.43. The van der Waals surface area contributed by atoms with E-state index in [9.17, 15) is 4.79 Å². The van der Waals surface area contributed by atoms with E-state index in [4.69, 9.17) is 9.47 Å². The van der Waals surface area contributed by atoms with Crippen molar-refractivity contribution in [1.82, 2.24) is 0 Å². The van der Waals surface area contributed by atoms with Crippen molar-refractivity contribution in [2.24, 2.45) is 11.8 Å². The molecular weight excluding hydrogens is 240 g/mol. The summed E-state index contributed by atoms with van der Waals surface area (Å²) >= 11 is 0. The summed E-state index contributed by atoms with van der Waals surface area (Å²) in [5.41, 5.74) is 1.17. The number of benzene rings is 1. The van der Waals surface area contributed by atoms with Gasteiger partial charge in [-0.15, -0.1) is 0 Å². The molecule has 0 aliphatic carbocycles. The van der Waals surface area contributed by atoms with E-state index < -0.39 is 0 Å². The lowest BCUT2D eigenvalue weighted by molar-refractivity contribution is -0.160. The molecule has 102 valence electrons. The number of ketones is 1. The highest BCUT2D eigenvalue weighted by Crippen LogP contribution is 2.39. The van der Waals surface area contributed by atoms with E-state index in [0.717, 1.165) is 0 Å². The third kappa shape index (κ3) is 2.33. The Morgan fingerprint density at radius 1 is 1.21 bits per heavy atom. The van der Waals surface area contributed by atoms with Crippen LogP contribution in [0.15, 0.2) is 30.3 Å². The van der Waals surface area contributed by atoms with Crippen LogP contribution in [0.2, 0.25) is 0 Å². The number of Topliss-reactive ketones (excluding diaryl/α,β-unsaturated/α-hetero) is 1. The first-order valence-corrected chi connectivity index (χ1v) is 7.00. The number of rotatable bonds is 3. The molecule has 0 spiro atoms. The van der Waals surface area contributed by atoms with Gasteiger partial charge in [-0.25, -0.2) is 0 Å². The molecule has 2 fully saturated rings. The summed E-state index contributed by atoms with van der Waals surface area (Å²) in [6, 6.07) is 10.2. The zero-order valence-corrected chi connectivity index (χ0v) is 11.4. The summed E-state index contributed by atoms with van der Waals surface area (Å²) in [5, 5.41) is 0. The number of hydrogen-bond acceptors (Lipinski definition) is 3. The molecule has 0 saturated carbocycles. The maximum atomic E-state index is 11.9. The lowest BCUT2D eigenvalue weighted by Gasteiger charge is -2.38. The molecule has 5 atom stereocenters. The van der Waals surface area contributed by atoms with Crippen molar-refractivity contribution in [1.29, 1.82) is 0 Å². The van der Waals surface area contributed by atoms with E-state index in [-0.39, 0.29) is 35.9 Å². The number of hydrogen-bond donors (Lipinski definition) is 0. The highest BCUT2D eigenvalue weighted by Gasteiger charge is 2.50. The first kappa shape index (κ1) is 12.8. The van der Waals surface area contributed by atoms with Gasteiger partial charge in [0.25, 0.3) is 0 Å². The summed E-state index contributed by atoms with van der Waals surface area (Å²) in [4.78, 5) is 11.9. The predicted octanol–water partition coefficient (Wildman–Crippen LogP) is 2.58. The van der Waals surface area contributed by atoms with Crippen LogP contribution in [0.25, 0.3) is 0 Å². The summed E-state index contributed by atoms with van der Waals surface area (Å²) in [6.45, 7) is 4.80. The first-order chi connectivity index (χ1) is 9.16. The van der Waals surface area contributed by atoms with Crippen LogP contribution in [0.1, 0.15) is 25.8 Å². The van der Waals surface area contributed by atoms with Gasteiger partial charge in [0.2, 0.25) is 0 Å². The van der Waals surface area contributed by atoms with Crippen molar-refractivity contribution in [2.45, 2.75) is 45.2 Å². The maximum Gasteiger partial charge on any atom is 0.164 e.